The van der Waals surface area contributed by atoms with E-state index >= 15 is 0 Å². The first-order valence-electron chi connectivity index (χ1n) is 12.7. The molecule has 0 fully saturated rings. The molecular weight excluding hydrogens is 416 g/mol. The Morgan fingerprint density at radius 2 is 0.971 bits per heavy atom. The summed E-state index contributed by atoms with van der Waals surface area (Å²) in [4.78, 5) is 26.8. The molecule has 0 aliphatic rings. The number of carbonyl (C=O) groups is 2. The number of hydrogen-bond donors (Lipinski definition) is 0. The summed E-state index contributed by atoms with van der Waals surface area (Å²) in [6.45, 7) is 10.7. The molecule has 0 atom stereocenters. The van der Waals surface area contributed by atoms with Gasteiger partial charge in [0.1, 0.15) is 0 Å². The molecule has 2 nitrogen and oxygen atoms in total. The van der Waals surface area contributed by atoms with E-state index in [0.29, 0.717) is 22.3 Å². The van der Waals surface area contributed by atoms with Gasteiger partial charge in [0.15, 0.2) is 11.6 Å². The highest BCUT2D eigenvalue weighted by molar-refractivity contribution is 6.13. The number of ketones is 2. The molecule has 0 radical (unpaired) electrons. The molecule has 0 saturated carbocycles. The Bertz CT molecular complexity index is 1030. The fourth-order valence-corrected chi connectivity index (χ4v) is 4.06. The molecule has 3 aromatic rings. The van der Waals surface area contributed by atoms with Crippen LogP contribution in [-0.4, -0.2) is 11.6 Å². The lowest BCUT2D eigenvalue weighted by Gasteiger charge is -2.21. The van der Waals surface area contributed by atoms with Gasteiger partial charge in [-0.15, -0.1) is 0 Å². The molecule has 2 heteroatoms. The molecule has 0 heterocycles. The van der Waals surface area contributed by atoms with Crippen LogP contribution in [-0.2, 0) is 18.3 Å². The molecule has 0 aliphatic carbocycles. The van der Waals surface area contributed by atoms with E-state index in [2.05, 4.69) is 34.6 Å². The molecule has 3 rings (SSSR count). The van der Waals surface area contributed by atoms with Gasteiger partial charge in [0.25, 0.3) is 0 Å². The molecule has 0 saturated heterocycles. The fraction of sp³-hybridized carbons (Fsp3) is 0.375. The van der Waals surface area contributed by atoms with Crippen molar-refractivity contribution in [3.8, 4) is 0 Å². The Morgan fingerprint density at radius 1 is 0.588 bits per heavy atom. The predicted molar refractivity (Wildman–Crippen MR) is 142 cm³/mol. The molecule has 0 amide bonds. The van der Waals surface area contributed by atoms with Crippen molar-refractivity contribution in [1.82, 2.24) is 0 Å². The molecule has 3 aromatic carbocycles. The molecular formula is C32H38O2. The molecule has 178 valence electrons. The lowest BCUT2D eigenvalue weighted by molar-refractivity contribution is 0.103. The summed E-state index contributed by atoms with van der Waals surface area (Å²) >= 11 is 0. The maximum atomic E-state index is 13.4. The monoisotopic (exact) mass is 454 g/mol. The third kappa shape index (κ3) is 6.53. The first kappa shape index (κ1) is 25.6. The lowest BCUT2D eigenvalue weighted by atomic mass is 9.83. The van der Waals surface area contributed by atoms with Crippen LogP contribution in [0.4, 0.5) is 0 Å². The highest BCUT2D eigenvalue weighted by atomic mass is 16.1. The van der Waals surface area contributed by atoms with Crippen molar-refractivity contribution in [2.24, 2.45) is 0 Å². The SMILES string of the molecule is CCCCc1ccc(C(=O)c2cc(C(=O)c3ccc(CCCC)cc3)cc(C(C)(C)C)c2)cc1. The zero-order valence-corrected chi connectivity index (χ0v) is 21.4. The van der Waals surface area contributed by atoms with Crippen LogP contribution in [0.25, 0.3) is 0 Å². The Labute approximate surface area is 205 Å². The van der Waals surface area contributed by atoms with Gasteiger partial charge in [-0.1, -0.05) is 96.0 Å². The highest BCUT2D eigenvalue weighted by Gasteiger charge is 2.21. The van der Waals surface area contributed by atoms with Gasteiger partial charge in [-0.25, -0.2) is 0 Å². The van der Waals surface area contributed by atoms with Crippen molar-refractivity contribution in [1.29, 1.82) is 0 Å². The van der Waals surface area contributed by atoms with E-state index in [1.165, 1.54) is 11.1 Å². The summed E-state index contributed by atoms with van der Waals surface area (Å²) in [7, 11) is 0. The molecule has 0 bridgehead atoms. The van der Waals surface area contributed by atoms with E-state index in [4.69, 9.17) is 0 Å². The Kier molecular flexibility index (Phi) is 8.61. The van der Waals surface area contributed by atoms with Crippen LogP contribution in [0.5, 0.6) is 0 Å². The second kappa shape index (κ2) is 11.4. The minimum Gasteiger partial charge on any atom is -0.289 e. The van der Waals surface area contributed by atoms with E-state index in [9.17, 15) is 9.59 Å². The standard InChI is InChI=1S/C32H38O2/c1-6-8-10-23-12-16-25(17-13-23)30(33)27-20-28(22-29(21-27)32(3,4)5)31(34)26-18-14-24(15-19-26)11-9-7-2/h12-22H,6-11H2,1-5H3. The van der Waals surface area contributed by atoms with Gasteiger partial charge in [-0.2, -0.15) is 0 Å². The summed E-state index contributed by atoms with van der Waals surface area (Å²) < 4.78 is 0. The van der Waals surface area contributed by atoms with Gasteiger partial charge < -0.3 is 0 Å². The first-order chi connectivity index (χ1) is 16.2. The summed E-state index contributed by atoms with van der Waals surface area (Å²) in [6.07, 6.45) is 6.65. The number of hydrogen-bond acceptors (Lipinski definition) is 2. The molecule has 0 spiro atoms. The number of unbranched alkanes of at least 4 members (excludes halogenated alkanes) is 2. The van der Waals surface area contributed by atoms with Gasteiger partial charge in [-0.3, -0.25) is 9.59 Å². The molecule has 34 heavy (non-hydrogen) atoms. The van der Waals surface area contributed by atoms with E-state index in [1.54, 1.807) is 6.07 Å². The lowest BCUT2D eigenvalue weighted by Crippen LogP contribution is -2.15. The normalized spacial score (nSPS) is 11.4. The number of benzene rings is 3. The number of rotatable bonds is 10. The van der Waals surface area contributed by atoms with Crippen LogP contribution in [0.2, 0.25) is 0 Å². The van der Waals surface area contributed by atoms with Crippen molar-refractivity contribution < 1.29 is 9.59 Å². The van der Waals surface area contributed by atoms with Gasteiger partial charge in [0, 0.05) is 22.3 Å². The Hall–Kier alpha value is -3.00. The van der Waals surface area contributed by atoms with Crippen molar-refractivity contribution in [2.45, 2.75) is 78.6 Å². The Balaban J connectivity index is 1.93. The van der Waals surface area contributed by atoms with Crippen molar-refractivity contribution in [2.75, 3.05) is 0 Å². The third-order valence-corrected chi connectivity index (χ3v) is 6.39. The predicted octanol–water partition coefficient (Wildman–Crippen LogP) is 8.13. The van der Waals surface area contributed by atoms with Crippen LogP contribution >= 0.6 is 0 Å². The zero-order chi connectivity index (χ0) is 24.7. The zero-order valence-electron chi connectivity index (χ0n) is 21.4. The quantitative estimate of drug-likeness (QED) is 0.290. The van der Waals surface area contributed by atoms with Crippen molar-refractivity contribution in [3.05, 3.63) is 106 Å². The van der Waals surface area contributed by atoms with Crippen LogP contribution in [0, 0.1) is 0 Å². The average Bonchev–Trinajstić information content (AvgIpc) is 2.85. The summed E-state index contributed by atoms with van der Waals surface area (Å²) in [5, 5.41) is 0. The molecule has 0 aliphatic heterocycles. The van der Waals surface area contributed by atoms with Gasteiger partial charge >= 0.3 is 0 Å². The van der Waals surface area contributed by atoms with E-state index in [0.717, 1.165) is 44.1 Å². The van der Waals surface area contributed by atoms with E-state index in [-0.39, 0.29) is 17.0 Å². The van der Waals surface area contributed by atoms with Crippen molar-refractivity contribution in [3.63, 3.8) is 0 Å². The van der Waals surface area contributed by atoms with Crippen LogP contribution in [0.15, 0.2) is 66.7 Å². The van der Waals surface area contributed by atoms with Gasteiger partial charge in [0.2, 0.25) is 0 Å². The van der Waals surface area contributed by atoms with Crippen LogP contribution < -0.4 is 0 Å². The summed E-state index contributed by atoms with van der Waals surface area (Å²) in [6, 6.07) is 21.5. The first-order valence-corrected chi connectivity index (χ1v) is 12.7. The van der Waals surface area contributed by atoms with Gasteiger partial charge in [-0.05, 0) is 66.0 Å². The van der Waals surface area contributed by atoms with E-state index < -0.39 is 0 Å². The largest absolute Gasteiger partial charge is 0.289 e. The van der Waals surface area contributed by atoms with Crippen molar-refractivity contribution >= 4 is 11.6 Å². The smallest absolute Gasteiger partial charge is 0.193 e. The third-order valence-electron chi connectivity index (χ3n) is 6.39. The number of aryl methyl sites for hydroxylation is 2. The maximum absolute atomic E-state index is 13.4. The van der Waals surface area contributed by atoms with Crippen LogP contribution in [0.1, 0.15) is 109 Å². The molecule has 0 unspecified atom stereocenters. The summed E-state index contributed by atoms with van der Waals surface area (Å²) in [5.74, 6) is -0.0887. The second-order valence-electron chi connectivity index (χ2n) is 10.3. The topological polar surface area (TPSA) is 34.1 Å². The Morgan fingerprint density at radius 3 is 1.29 bits per heavy atom. The minimum absolute atomic E-state index is 0.0443. The van der Waals surface area contributed by atoms with Crippen LogP contribution in [0.3, 0.4) is 0 Å². The fourth-order valence-electron chi connectivity index (χ4n) is 4.06. The maximum Gasteiger partial charge on any atom is 0.193 e. The second-order valence-corrected chi connectivity index (χ2v) is 10.3. The van der Waals surface area contributed by atoms with E-state index in [1.807, 2.05) is 60.7 Å². The number of carbonyl (C=O) groups excluding carboxylic acids is 2. The summed E-state index contributed by atoms with van der Waals surface area (Å²) in [5.41, 5.74) is 5.75. The molecule has 0 N–H and O–H groups in total. The average molecular weight is 455 g/mol. The molecule has 0 aromatic heterocycles. The minimum atomic E-state index is -0.181. The van der Waals surface area contributed by atoms with Gasteiger partial charge in [0.05, 0.1) is 0 Å². The highest BCUT2D eigenvalue weighted by Crippen LogP contribution is 2.27.